The molecule has 0 aromatic rings. The molecule has 0 aliphatic rings. The van der Waals surface area contributed by atoms with Crippen LogP contribution in [0.4, 0.5) is 0 Å². The van der Waals surface area contributed by atoms with Crippen molar-refractivity contribution in [1.82, 2.24) is 5.32 Å². The molecule has 0 saturated heterocycles. The number of hydrogen-bond donors (Lipinski definition) is 1. The van der Waals surface area contributed by atoms with E-state index in [1.807, 2.05) is 13.8 Å². The highest BCUT2D eigenvalue weighted by Crippen LogP contribution is 2.00. The molecule has 0 aromatic heterocycles. The van der Waals surface area contributed by atoms with Crippen molar-refractivity contribution in [1.29, 1.82) is 0 Å². The molecule has 1 unspecified atom stereocenters. The minimum atomic E-state index is -0.0900. The molecule has 0 amide bonds. The lowest BCUT2D eigenvalue weighted by Gasteiger charge is -2.17. The molecule has 92 valence electrons. The van der Waals surface area contributed by atoms with E-state index in [1.54, 1.807) is 0 Å². The predicted octanol–water partition coefficient (Wildman–Crippen LogP) is 1.32. The minimum Gasteiger partial charge on any atom is -0.353 e. The fourth-order valence-corrected chi connectivity index (χ4v) is 2.92. The molecule has 0 aliphatic heterocycles. The van der Waals surface area contributed by atoms with Gasteiger partial charge in [0.25, 0.3) is 0 Å². The van der Waals surface area contributed by atoms with Gasteiger partial charge in [0.1, 0.15) is 0 Å². The largest absolute Gasteiger partial charge is 0.353 e. The molecular weight excluding hydrogens is 206 g/mol. The Hall–Kier alpha value is 0.0969. The van der Waals surface area contributed by atoms with Crippen molar-refractivity contribution >= 4 is 9.52 Å². The Morgan fingerprint density at radius 2 is 1.73 bits per heavy atom. The zero-order valence-corrected chi connectivity index (χ0v) is 12.1. The summed E-state index contributed by atoms with van der Waals surface area (Å²) >= 11 is 0. The highest BCUT2D eigenvalue weighted by Gasteiger charge is 2.07. The maximum absolute atomic E-state index is 5.50. The SMILES string of the molecule is CCOC(C[SiH2]CNC(C)CC)OCC. The smallest absolute Gasteiger partial charge is 0.154 e. The highest BCUT2D eigenvalue weighted by atomic mass is 28.2. The normalized spacial score (nSPS) is 14.2. The third kappa shape index (κ3) is 9.05. The average Bonchev–Trinajstić information content (AvgIpc) is 2.24. The summed E-state index contributed by atoms with van der Waals surface area (Å²) in [6.07, 6.45) is 2.44. The molecule has 15 heavy (non-hydrogen) atoms. The van der Waals surface area contributed by atoms with E-state index in [9.17, 15) is 0 Å². The summed E-state index contributed by atoms with van der Waals surface area (Å²) in [4.78, 5) is 0. The second-order valence-electron chi connectivity index (χ2n) is 3.75. The molecule has 0 radical (unpaired) electrons. The van der Waals surface area contributed by atoms with Gasteiger partial charge in [-0.1, -0.05) is 6.92 Å². The molecule has 0 aromatic carbocycles. The summed E-state index contributed by atoms with van der Waals surface area (Å²) in [5.41, 5.74) is 0. The molecule has 0 aliphatic carbocycles. The number of nitrogens with one attached hydrogen (secondary N) is 1. The Balaban J connectivity index is 3.43. The maximum Gasteiger partial charge on any atom is 0.154 e. The van der Waals surface area contributed by atoms with E-state index >= 15 is 0 Å². The van der Waals surface area contributed by atoms with E-state index in [1.165, 1.54) is 12.6 Å². The number of rotatable bonds is 10. The van der Waals surface area contributed by atoms with E-state index in [-0.39, 0.29) is 15.8 Å². The summed E-state index contributed by atoms with van der Waals surface area (Å²) in [7, 11) is -0.0900. The molecule has 0 spiro atoms. The van der Waals surface area contributed by atoms with Gasteiger partial charge in [-0.05, 0) is 39.4 Å². The first-order valence-corrected chi connectivity index (χ1v) is 8.21. The van der Waals surface area contributed by atoms with Gasteiger partial charge < -0.3 is 14.8 Å². The van der Waals surface area contributed by atoms with E-state index in [0.717, 1.165) is 19.3 Å². The predicted molar refractivity (Wildman–Crippen MR) is 68.1 cm³/mol. The fraction of sp³-hybridized carbons (Fsp3) is 1.00. The molecule has 0 heterocycles. The second-order valence-corrected chi connectivity index (χ2v) is 5.53. The van der Waals surface area contributed by atoms with Gasteiger partial charge in [-0.2, -0.15) is 0 Å². The van der Waals surface area contributed by atoms with Crippen molar-refractivity contribution in [2.75, 3.05) is 19.4 Å². The summed E-state index contributed by atoms with van der Waals surface area (Å²) in [6, 6.07) is 1.76. The van der Waals surface area contributed by atoms with Crippen molar-refractivity contribution in [3.05, 3.63) is 0 Å². The molecule has 0 fully saturated rings. The van der Waals surface area contributed by atoms with Crippen molar-refractivity contribution < 1.29 is 9.47 Å². The third-order valence-electron chi connectivity index (χ3n) is 2.43. The molecule has 4 heteroatoms. The molecule has 0 rings (SSSR count). The Morgan fingerprint density at radius 3 is 2.20 bits per heavy atom. The van der Waals surface area contributed by atoms with Crippen LogP contribution in [0.15, 0.2) is 0 Å². The van der Waals surface area contributed by atoms with Crippen molar-refractivity contribution in [3.8, 4) is 0 Å². The minimum absolute atomic E-state index is 0.0467. The van der Waals surface area contributed by atoms with Crippen LogP contribution in [0.25, 0.3) is 0 Å². The first kappa shape index (κ1) is 15.1. The van der Waals surface area contributed by atoms with Gasteiger partial charge >= 0.3 is 0 Å². The van der Waals surface area contributed by atoms with E-state index < -0.39 is 0 Å². The first-order valence-electron chi connectivity index (χ1n) is 6.21. The van der Waals surface area contributed by atoms with E-state index in [4.69, 9.17) is 9.47 Å². The lowest BCUT2D eigenvalue weighted by atomic mass is 10.3. The number of ether oxygens (including phenoxy) is 2. The molecule has 1 N–H and O–H groups in total. The average molecular weight is 233 g/mol. The van der Waals surface area contributed by atoms with Crippen LogP contribution in [0.1, 0.15) is 34.1 Å². The van der Waals surface area contributed by atoms with E-state index in [2.05, 4.69) is 19.2 Å². The Bertz CT molecular complexity index is 130. The van der Waals surface area contributed by atoms with Gasteiger partial charge in [-0.25, -0.2) is 0 Å². The van der Waals surface area contributed by atoms with Crippen LogP contribution in [-0.4, -0.2) is 41.2 Å². The monoisotopic (exact) mass is 233 g/mol. The molecule has 3 nitrogen and oxygen atoms in total. The van der Waals surface area contributed by atoms with Crippen LogP contribution in [0.5, 0.6) is 0 Å². The second kappa shape index (κ2) is 10.6. The molecular formula is C11H27NO2Si. The summed E-state index contributed by atoms with van der Waals surface area (Å²) in [5.74, 6) is 0. The van der Waals surface area contributed by atoms with Gasteiger partial charge in [-0.15, -0.1) is 0 Å². The fourth-order valence-electron chi connectivity index (χ4n) is 1.35. The van der Waals surface area contributed by atoms with Crippen LogP contribution >= 0.6 is 0 Å². The zero-order chi connectivity index (χ0) is 11.5. The van der Waals surface area contributed by atoms with E-state index in [0.29, 0.717) is 6.04 Å². The van der Waals surface area contributed by atoms with Crippen molar-refractivity contribution in [2.24, 2.45) is 0 Å². The van der Waals surface area contributed by atoms with Crippen molar-refractivity contribution in [2.45, 2.75) is 52.5 Å². The lowest BCUT2D eigenvalue weighted by molar-refractivity contribution is -0.123. The van der Waals surface area contributed by atoms with Crippen LogP contribution in [0, 0.1) is 0 Å². The molecule has 0 bridgehead atoms. The quantitative estimate of drug-likeness (QED) is 0.351. The van der Waals surface area contributed by atoms with Crippen LogP contribution in [0.3, 0.4) is 0 Å². The van der Waals surface area contributed by atoms with Crippen LogP contribution in [-0.2, 0) is 9.47 Å². The van der Waals surface area contributed by atoms with Gasteiger partial charge in [0, 0.05) is 28.8 Å². The molecule has 1 atom stereocenters. The summed E-state index contributed by atoms with van der Waals surface area (Å²) < 4.78 is 11.0. The van der Waals surface area contributed by atoms with Crippen LogP contribution in [0.2, 0.25) is 6.04 Å². The first-order chi connectivity index (χ1) is 7.24. The van der Waals surface area contributed by atoms with Gasteiger partial charge in [-0.3, -0.25) is 0 Å². The Morgan fingerprint density at radius 1 is 1.13 bits per heavy atom. The Kier molecular flexibility index (Phi) is 10.7. The lowest BCUT2D eigenvalue weighted by Crippen LogP contribution is -2.31. The highest BCUT2D eigenvalue weighted by molar-refractivity contribution is 6.35. The van der Waals surface area contributed by atoms with Crippen LogP contribution < -0.4 is 5.32 Å². The Labute approximate surface area is 96.7 Å². The summed E-state index contributed by atoms with van der Waals surface area (Å²) in [5, 5.41) is 3.52. The van der Waals surface area contributed by atoms with Gasteiger partial charge in [0.15, 0.2) is 6.29 Å². The van der Waals surface area contributed by atoms with Gasteiger partial charge in [0.2, 0.25) is 0 Å². The molecule has 0 saturated carbocycles. The third-order valence-corrected chi connectivity index (χ3v) is 3.95. The maximum atomic E-state index is 5.50. The topological polar surface area (TPSA) is 30.5 Å². The number of hydrogen-bond acceptors (Lipinski definition) is 3. The summed E-state index contributed by atoms with van der Waals surface area (Å²) in [6.45, 7) is 9.98. The zero-order valence-electron chi connectivity index (χ0n) is 10.7. The van der Waals surface area contributed by atoms with Gasteiger partial charge in [0.05, 0.1) is 0 Å². The standard InChI is InChI=1S/C11H27NO2Si/c1-5-10(4)12-9-15-8-11(13-6-2)14-7-3/h10-12H,5-9,15H2,1-4H3. The van der Waals surface area contributed by atoms with Crippen molar-refractivity contribution in [3.63, 3.8) is 0 Å².